The minimum absolute atomic E-state index is 0.0970. The Bertz CT molecular complexity index is 1170. The molecular formula is C23H17NO4S. The molecule has 1 atom stereocenters. The number of carbonyl (C=O) groups is 3. The predicted molar refractivity (Wildman–Crippen MR) is 111 cm³/mol. The van der Waals surface area contributed by atoms with Gasteiger partial charge in [-0.25, -0.2) is 4.79 Å². The third-order valence-corrected chi connectivity index (χ3v) is 6.85. The number of Topliss-reactive ketones (excluding diaryl/α,β-unsaturated/α-hetero) is 1. The summed E-state index contributed by atoms with van der Waals surface area (Å²) in [6, 6.07) is 20.6. The Balaban J connectivity index is 1.35. The van der Waals surface area contributed by atoms with Gasteiger partial charge in [0.2, 0.25) is 5.91 Å². The average Bonchev–Trinajstić information content (AvgIpc) is 3.27. The number of hydrogen-bond acceptors (Lipinski definition) is 5. The number of rotatable bonds is 4. The summed E-state index contributed by atoms with van der Waals surface area (Å²) in [5.74, 6) is -0.907. The monoisotopic (exact) mass is 403 g/mol. The molecule has 1 amide bonds. The number of hydrogen-bond donors (Lipinski definition) is 0. The summed E-state index contributed by atoms with van der Waals surface area (Å²) >= 11 is 1.33. The molecule has 144 valence electrons. The van der Waals surface area contributed by atoms with Crippen molar-refractivity contribution in [1.82, 2.24) is 0 Å². The quantitative estimate of drug-likeness (QED) is 0.483. The van der Waals surface area contributed by atoms with Crippen molar-refractivity contribution in [3.63, 3.8) is 0 Å². The number of thioether (sulfide) groups is 1. The van der Waals surface area contributed by atoms with Crippen LogP contribution in [0.5, 0.6) is 0 Å². The van der Waals surface area contributed by atoms with Gasteiger partial charge in [0.1, 0.15) is 0 Å². The minimum atomic E-state index is -1.11. The van der Waals surface area contributed by atoms with Gasteiger partial charge in [-0.05, 0) is 29.0 Å². The maximum atomic E-state index is 13.0. The van der Waals surface area contributed by atoms with Crippen LogP contribution in [-0.2, 0) is 14.3 Å². The zero-order valence-electron chi connectivity index (χ0n) is 15.5. The molecule has 6 heteroatoms. The van der Waals surface area contributed by atoms with E-state index in [0.29, 0.717) is 12.0 Å². The highest BCUT2D eigenvalue weighted by Crippen LogP contribution is 2.56. The fourth-order valence-electron chi connectivity index (χ4n) is 3.96. The van der Waals surface area contributed by atoms with Gasteiger partial charge in [0.05, 0.1) is 5.69 Å². The standard InChI is InChI=1S/C23H17NO4S/c25-19(17-10-9-15-5-1-2-6-16(15)13-17)14-28-22(27)23-12-11-21(26)24(23)18-7-3-4-8-20(18)29-23/h1-10,13H,11-12,14H2/t23-/m1/s1. The van der Waals surface area contributed by atoms with E-state index in [1.165, 1.54) is 16.7 Å². The van der Waals surface area contributed by atoms with E-state index in [2.05, 4.69) is 0 Å². The molecule has 0 spiro atoms. The van der Waals surface area contributed by atoms with E-state index >= 15 is 0 Å². The van der Waals surface area contributed by atoms with E-state index < -0.39 is 10.8 Å². The number of anilines is 1. The van der Waals surface area contributed by atoms with Crippen LogP contribution in [0, 0.1) is 0 Å². The van der Waals surface area contributed by atoms with Crippen molar-refractivity contribution in [2.45, 2.75) is 22.6 Å². The smallest absolute Gasteiger partial charge is 0.343 e. The van der Waals surface area contributed by atoms with Crippen molar-refractivity contribution in [1.29, 1.82) is 0 Å². The Morgan fingerprint density at radius 1 is 1.00 bits per heavy atom. The molecule has 0 N–H and O–H groups in total. The van der Waals surface area contributed by atoms with Gasteiger partial charge in [0, 0.05) is 23.3 Å². The van der Waals surface area contributed by atoms with Crippen LogP contribution in [-0.4, -0.2) is 29.1 Å². The van der Waals surface area contributed by atoms with Gasteiger partial charge in [-0.2, -0.15) is 0 Å². The molecule has 0 bridgehead atoms. The van der Waals surface area contributed by atoms with Crippen molar-refractivity contribution in [2.24, 2.45) is 0 Å². The molecule has 3 aromatic carbocycles. The molecule has 2 heterocycles. The Kier molecular flexibility index (Phi) is 4.17. The van der Waals surface area contributed by atoms with E-state index in [0.717, 1.165) is 21.4 Å². The topological polar surface area (TPSA) is 63.7 Å². The van der Waals surface area contributed by atoms with Gasteiger partial charge in [0.15, 0.2) is 17.3 Å². The Hall–Kier alpha value is -3.12. The molecule has 0 saturated carbocycles. The number of para-hydroxylation sites is 1. The Labute approximate surface area is 171 Å². The van der Waals surface area contributed by atoms with Crippen molar-refractivity contribution >= 4 is 45.9 Å². The number of fused-ring (bicyclic) bond motifs is 4. The number of benzene rings is 3. The van der Waals surface area contributed by atoms with Crippen LogP contribution in [0.25, 0.3) is 10.8 Å². The number of carbonyl (C=O) groups excluding carboxylic acids is 3. The fraction of sp³-hybridized carbons (Fsp3) is 0.174. The lowest BCUT2D eigenvalue weighted by molar-refractivity contribution is -0.145. The molecule has 3 aromatic rings. The third kappa shape index (κ3) is 2.83. The molecule has 0 radical (unpaired) electrons. The van der Waals surface area contributed by atoms with E-state index in [9.17, 15) is 14.4 Å². The van der Waals surface area contributed by atoms with Crippen LogP contribution < -0.4 is 4.90 Å². The van der Waals surface area contributed by atoms with E-state index in [1.54, 1.807) is 12.1 Å². The van der Waals surface area contributed by atoms with Gasteiger partial charge in [-0.15, -0.1) is 0 Å². The fourth-order valence-corrected chi connectivity index (χ4v) is 5.37. The number of esters is 1. The first kappa shape index (κ1) is 17.9. The van der Waals surface area contributed by atoms with Crippen LogP contribution in [0.2, 0.25) is 0 Å². The molecule has 0 aliphatic carbocycles. The average molecular weight is 403 g/mol. The first-order chi connectivity index (χ1) is 14.1. The van der Waals surface area contributed by atoms with Crippen molar-refractivity contribution in [3.8, 4) is 0 Å². The molecule has 29 heavy (non-hydrogen) atoms. The number of amides is 1. The summed E-state index contributed by atoms with van der Waals surface area (Å²) in [4.78, 5) is 39.4. The van der Waals surface area contributed by atoms with Gasteiger partial charge in [0.25, 0.3) is 0 Å². The Morgan fingerprint density at radius 3 is 2.62 bits per heavy atom. The van der Waals surface area contributed by atoms with Gasteiger partial charge in [-0.3, -0.25) is 14.5 Å². The van der Waals surface area contributed by atoms with Crippen molar-refractivity contribution in [2.75, 3.05) is 11.5 Å². The second-order valence-electron chi connectivity index (χ2n) is 7.14. The zero-order valence-corrected chi connectivity index (χ0v) is 16.3. The van der Waals surface area contributed by atoms with E-state index in [-0.39, 0.29) is 24.7 Å². The molecular weight excluding hydrogens is 386 g/mol. The molecule has 2 aliphatic rings. The zero-order chi connectivity index (χ0) is 20.0. The molecule has 5 rings (SSSR count). The third-order valence-electron chi connectivity index (χ3n) is 5.40. The summed E-state index contributed by atoms with van der Waals surface area (Å²) in [5.41, 5.74) is 1.23. The molecule has 1 saturated heterocycles. The number of ketones is 1. The molecule has 0 unspecified atom stereocenters. The summed E-state index contributed by atoms with van der Waals surface area (Å²) in [6.07, 6.45) is 0.656. The predicted octanol–water partition coefficient (Wildman–Crippen LogP) is 4.19. The van der Waals surface area contributed by atoms with Crippen LogP contribution in [0.1, 0.15) is 23.2 Å². The summed E-state index contributed by atoms with van der Waals surface area (Å²) < 4.78 is 5.44. The summed E-state index contributed by atoms with van der Waals surface area (Å²) in [5, 5.41) is 2.00. The molecule has 2 aliphatic heterocycles. The second-order valence-corrected chi connectivity index (χ2v) is 8.46. The van der Waals surface area contributed by atoms with Gasteiger partial charge < -0.3 is 4.74 Å². The number of ether oxygens (including phenoxy) is 1. The highest BCUT2D eigenvalue weighted by atomic mass is 32.2. The van der Waals surface area contributed by atoms with Crippen LogP contribution in [0.15, 0.2) is 71.6 Å². The summed E-state index contributed by atoms with van der Waals surface area (Å²) in [7, 11) is 0. The normalized spacial score (nSPS) is 19.9. The maximum absolute atomic E-state index is 13.0. The van der Waals surface area contributed by atoms with Gasteiger partial charge in [-0.1, -0.05) is 60.3 Å². The highest BCUT2D eigenvalue weighted by molar-refractivity contribution is 8.02. The lowest BCUT2D eigenvalue weighted by atomic mass is 10.0. The van der Waals surface area contributed by atoms with E-state index in [4.69, 9.17) is 4.74 Å². The lowest BCUT2D eigenvalue weighted by Gasteiger charge is -2.28. The van der Waals surface area contributed by atoms with Crippen molar-refractivity contribution in [3.05, 3.63) is 72.3 Å². The first-order valence-corrected chi connectivity index (χ1v) is 10.2. The van der Waals surface area contributed by atoms with Crippen LogP contribution in [0.4, 0.5) is 5.69 Å². The molecule has 0 aromatic heterocycles. The molecule has 5 nitrogen and oxygen atoms in total. The van der Waals surface area contributed by atoms with Gasteiger partial charge >= 0.3 is 5.97 Å². The minimum Gasteiger partial charge on any atom is -0.455 e. The second kappa shape index (κ2) is 6.74. The Morgan fingerprint density at radius 2 is 1.76 bits per heavy atom. The number of nitrogens with zero attached hydrogens (tertiary/aromatic N) is 1. The molecule has 1 fully saturated rings. The van der Waals surface area contributed by atoms with Crippen LogP contribution >= 0.6 is 11.8 Å². The summed E-state index contributed by atoms with van der Waals surface area (Å²) in [6.45, 7) is -0.349. The highest BCUT2D eigenvalue weighted by Gasteiger charge is 2.58. The lowest BCUT2D eigenvalue weighted by Crippen LogP contribution is -2.48. The first-order valence-electron chi connectivity index (χ1n) is 9.39. The van der Waals surface area contributed by atoms with Crippen LogP contribution in [0.3, 0.4) is 0 Å². The largest absolute Gasteiger partial charge is 0.455 e. The maximum Gasteiger partial charge on any atom is 0.343 e. The van der Waals surface area contributed by atoms with E-state index in [1.807, 2.05) is 54.6 Å². The van der Waals surface area contributed by atoms with Crippen molar-refractivity contribution < 1.29 is 19.1 Å². The SMILES string of the molecule is O=C(COC(=O)[C@]12CCC(=O)N1c1ccccc1S2)c1ccc2ccccc2c1.